The van der Waals surface area contributed by atoms with Gasteiger partial charge in [0.25, 0.3) is 5.91 Å². The maximum Gasteiger partial charge on any atom is 0.270 e. The van der Waals surface area contributed by atoms with Crippen molar-refractivity contribution < 1.29 is 9.90 Å². The minimum atomic E-state index is -0.650. The van der Waals surface area contributed by atoms with Gasteiger partial charge < -0.3 is 15.0 Å². The van der Waals surface area contributed by atoms with Gasteiger partial charge in [0.1, 0.15) is 5.69 Å². The fourth-order valence-corrected chi connectivity index (χ4v) is 2.29. The molecule has 1 unspecified atom stereocenters. The number of nitrogens with zero attached hydrogens (tertiary/aromatic N) is 1. The summed E-state index contributed by atoms with van der Waals surface area (Å²) >= 11 is 5.78. The third-order valence-corrected chi connectivity index (χ3v) is 3.45. The summed E-state index contributed by atoms with van der Waals surface area (Å²) in [5.74, 6) is -0.0467. The highest BCUT2D eigenvalue weighted by molar-refractivity contribution is 6.30. The van der Waals surface area contributed by atoms with Crippen molar-refractivity contribution >= 4 is 17.5 Å². The van der Waals surface area contributed by atoms with E-state index in [4.69, 9.17) is 11.6 Å². The Labute approximate surface area is 106 Å². The zero-order valence-corrected chi connectivity index (χ0v) is 10.6. The Kier molecular flexibility index (Phi) is 3.45. The maximum atomic E-state index is 12.1. The Hall–Kier alpha value is -1.00. The summed E-state index contributed by atoms with van der Waals surface area (Å²) in [5.41, 5.74) is -0.140. The van der Waals surface area contributed by atoms with E-state index in [2.05, 4.69) is 4.98 Å². The first-order valence-electron chi connectivity index (χ1n) is 5.83. The van der Waals surface area contributed by atoms with Crippen LogP contribution in [-0.4, -0.2) is 39.6 Å². The van der Waals surface area contributed by atoms with Crippen LogP contribution in [0.1, 0.15) is 36.7 Å². The number of carbonyl (C=O) groups excluding carboxylic acids is 1. The van der Waals surface area contributed by atoms with Gasteiger partial charge in [0, 0.05) is 19.3 Å². The highest BCUT2D eigenvalue weighted by atomic mass is 35.5. The van der Waals surface area contributed by atoms with E-state index in [-0.39, 0.29) is 5.91 Å². The zero-order chi connectivity index (χ0) is 12.5. The summed E-state index contributed by atoms with van der Waals surface area (Å²) in [6.07, 6.45) is 3.78. The van der Waals surface area contributed by atoms with E-state index in [9.17, 15) is 9.90 Å². The number of aromatic amines is 1. The van der Waals surface area contributed by atoms with E-state index < -0.39 is 5.60 Å². The van der Waals surface area contributed by atoms with Gasteiger partial charge in [-0.15, -0.1) is 0 Å². The van der Waals surface area contributed by atoms with Gasteiger partial charge in [0.2, 0.25) is 0 Å². The molecule has 1 aromatic rings. The Morgan fingerprint density at radius 3 is 2.94 bits per heavy atom. The molecule has 0 aliphatic carbocycles. The molecule has 1 saturated heterocycles. The van der Waals surface area contributed by atoms with Gasteiger partial charge in [0.05, 0.1) is 10.6 Å². The molecule has 2 N–H and O–H groups in total. The van der Waals surface area contributed by atoms with E-state index in [1.165, 1.54) is 0 Å². The number of rotatable bonds is 1. The van der Waals surface area contributed by atoms with E-state index >= 15 is 0 Å². The molecule has 2 heterocycles. The molecule has 0 bridgehead atoms. The number of nitrogens with one attached hydrogen (secondary N) is 1. The fraction of sp³-hybridized carbons (Fsp3) is 0.583. The van der Waals surface area contributed by atoms with Crippen molar-refractivity contribution in [1.29, 1.82) is 0 Å². The molecule has 1 aliphatic heterocycles. The van der Waals surface area contributed by atoms with Crippen LogP contribution in [0.5, 0.6) is 0 Å². The molecule has 1 fully saturated rings. The third kappa shape index (κ3) is 3.01. The van der Waals surface area contributed by atoms with Crippen molar-refractivity contribution in [2.45, 2.75) is 31.8 Å². The first kappa shape index (κ1) is 12.5. The van der Waals surface area contributed by atoms with Gasteiger partial charge in [-0.3, -0.25) is 4.79 Å². The largest absolute Gasteiger partial charge is 0.390 e. The lowest BCUT2D eigenvalue weighted by Crippen LogP contribution is -2.33. The van der Waals surface area contributed by atoms with Crippen molar-refractivity contribution in [3.05, 3.63) is 23.0 Å². The normalized spacial score (nSPS) is 25.7. The van der Waals surface area contributed by atoms with Gasteiger partial charge in [-0.05, 0) is 32.3 Å². The maximum absolute atomic E-state index is 12.1. The van der Waals surface area contributed by atoms with Crippen LogP contribution in [0.4, 0.5) is 0 Å². The summed E-state index contributed by atoms with van der Waals surface area (Å²) in [4.78, 5) is 16.8. The first-order chi connectivity index (χ1) is 7.98. The molecular weight excluding hydrogens is 240 g/mol. The topological polar surface area (TPSA) is 56.3 Å². The molecule has 5 heteroatoms. The van der Waals surface area contributed by atoms with Crippen LogP contribution in [0, 0.1) is 0 Å². The minimum Gasteiger partial charge on any atom is -0.390 e. The molecule has 1 aromatic heterocycles. The lowest BCUT2D eigenvalue weighted by molar-refractivity contribution is 0.0437. The first-order valence-corrected chi connectivity index (χ1v) is 6.21. The van der Waals surface area contributed by atoms with Gasteiger partial charge in [0.15, 0.2) is 0 Å². The fourth-order valence-electron chi connectivity index (χ4n) is 2.13. The lowest BCUT2D eigenvalue weighted by Gasteiger charge is -2.22. The second-order valence-corrected chi connectivity index (χ2v) is 5.31. The van der Waals surface area contributed by atoms with Crippen LogP contribution < -0.4 is 0 Å². The summed E-state index contributed by atoms with van der Waals surface area (Å²) in [6, 6.07) is 1.63. The number of halogens is 1. The third-order valence-electron chi connectivity index (χ3n) is 3.23. The Morgan fingerprint density at radius 2 is 2.29 bits per heavy atom. The Morgan fingerprint density at radius 1 is 1.53 bits per heavy atom. The van der Waals surface area contributed by atoms with Gasteiger partial charge in [-0.2, -0.15) is 0 Å². The molecule has 0 saturated carbocycles. The number of carbonyl (C=O) groups is 1. The number of hydrogen-bond donors (Lipinski definition) is 2. The molecule has 94 valence electrons. The van der Waals surface area contributed by atoms with E-state index in [1.807, 2.05) is 6.92 Å². The van der Waals surface area contributed by atoms with Crippen LogP contribution in [0.2, 0.25) is 5.02 Å². The SMILES string of the molecule is CC1(O)CCCN(C(=O)c2cc(Cl)c[nH]2)CC1. The predicted octanol–water partition coefficient (Wildman–Crippen LogP) is 2.05. The number of hydrogen-bond acceptors (Lipinski definition) is 2. The predicted molar refractivity (Wildman–Crippen MR) is 66.2 cm³/mol. The van der Waals surface area contributed by atoms with Gasteiger partial charge in [-0.1, -0.05) is 11.6 Å². The van der Waals surface area contributed by atoms with E-state index in [0.29, 0.717) is 30.2 Å². The van der Waals surface area contributed by atoms with Crippen molar-refractivity contribution in [2.24, 2.45) is 0 Å². The highest BCUT2D eigenvalue weighted by Crippen LogP contribution is 2.22. The smallest absolute Gasteiger partial charge is 0.270 e. The monoisotopic (exact) mass is 256 g/mol. The van der Waals surface area contributed by atoms with Crippen molar-refractivity contribution in [2.75, 3.05) is 13.1 Å². The molecule has 0 aromatic carbocycles. The standard InChI is InChI=1S/C12H17ClN2O2/c1-12(17)3-2-5-15(6-4-12)11(16)10-7-9(13)8-14-10/h7-8,14,17H,2-6H2,1H3. The molecule has 0 spiro atoms. The van der Waals surface area contributed by atoms with Crippen LogP contribution in [-0.2, 0) is 0 Å². The summed E-state index contributed by atoms with van der Waals surface area (Å²) < 4.78 is 0. The summed E-state index contributed by atoms with van der Waals surface area (Å²) in [7, 11) is 0. The molecule has 1 amide bonds. The van der Waals surface area contributed by atoms with E-state index in [0.717, 1.165) is 12.8 Å². The quantitative estimate of drug-likeness (QED) is 0.808. The second kappa shape index (κ2) is 4.70. The van der Waals surface area contributed by atoms with Crippen LogP contribution in [0.3, 0.4) is 0 Å². The molecule has 2 rings (SSSR count). The number of H-pyrrole nitrogens is 1. The molecule has 1 aliphatic rings. The van der Waals surface area contributed by atoms with Gasteiger partial charge >= 0.3 is 0 Å². The van der Waals surface area contributed by atoms with Crippen molar-refractivity contribution in [3.8, 4) is 0 Å². The van der Waals surface area contributed by atoms with E-state index in [1.54, 1.807) is 17.2 Å². The molecule has 4 nitrogen and oxygen atoms in total. The van der Waals surface area contributed by atoms with Crippen LogP contribution in [0.15, 0.2) is 12.3 Å². The average molecular weight is 257 g/mol. The number of amides is 1. The average Bonchev–Trinajstić information content (AvgIpc) is 2.60. The van der Waals surface area contributed by atoms with Crippen molar-refractivity contribution in [3.63, 3.8) is 0 Å². The molecular formula is C12H17ClN2O2. The second-order valence-electron chi connectivity index (χ2n) is 4.87. The number of aromatic nitrogens is 1. The molecule has 1 atom stereocenters. The lowest BCUT2D eigenvalue weighted by atomic mass is 9.98. The number of likely N-dealkylation sites (tertiary alicyclic amines) is 1. The Balaban J connectivity index is 2.05. The van der Waals surface area contributed by atoms with Gasteiger partial charge in [-0.25, -0.2) is 0 Å². The number of aliphatic hydroxyl groups is 1. The van der Waals surface area contributed by atoms with Crippen LogP contribution >= 0.6 is 11.6 Å². The summed E-state index contributed by atoms with van der Waals surface area (Å²) in [6.45, 7) is 3.10. The summed E-state index contributed by atoms with van der Waals surface area (Å²) in [5, 5.41) is 10.5. The zero-order valence-electron chi connectivity index (χ0n) is 9.87. The molecule has 17 heavy (non-hydrogen) atoms. The minimum absolute atomic E-state index is 0.0467. The Bertz CT molecular complexity index is 414. The highest BCUT2D eigenvalue weighted by Gasteiger charge is 2.27. The van der Waals surface area contributed by atoms with Crippen molar-refractivity contribution in [1.82, 2.24) is 9.88 Å². The van der Waals surface area contributed by atoms with Crippen LogP contribution in [0.25, 0.3) is 0 Å². The molecule has 0 radical (unpaired) electrons.